The summed E-state index contributed by atoms with van der Waals surface area (Å²) in [6.07, 6.45) is 5.30. The summed E-state index contributed by atoms with van der Waals surface area (Å²) in [6.45, 7) is 4.61. The largest absolute Gasteiger partial charge is 0.461 e. The molecule has 1 aliphatic rings. The van der Waals surface area contributed by atoms with Crippen molar-refractivity contribution < 1.29 is 14.3 Å². The fraction of sp³-hybridized carbons (Fsp3) is 0.562. The lowest BCUT2D eigenvalue weighted by Crippen LogP contribution is -2.25. The van der Waals surface area contributed by atoms with Gasteiger partial charge in [-0.05, 0) is 43.4 Å². The SMILES string of the molecule is CCC(O)CCNC(=O)/C=C/c1ccc(C2CC2C)o1. The van der Waals surface area contributed by atoms with Gasteiger partial charge in [-0.3, -0.25) is 4.79 Å². The number of furan rings is 1. The minimum Gasteiger partial charge on any atom is -0.461 e. The molecule has 0 aliphatic heterocycles. The van der Waals surface area contributed by atoms with Crippen LogP contribution in [0.1, 0.15) is 50.5 Å². The Balaban J connectivity index is 1.74. The number of aliphatic hydroxyl groups is 1. The minimum absolute atomic E-state index is 0.161. The van der Waals surface area contributed by atoms with E-state index in [1.54, 1.807) is 6.08 Å². The van der Waals surface area contributed by atoms with Gasteiger partial charge >= 0.3 is 0 Å². The van der Waals surface area contributed by atoms with E-state index in [9.17, 15) is 9.90 Å². The van der Waals surface area contributed by atoms with Gasteiger partial charge in [0, 0.05) is 18.5 Å². The van der Waals surface area contributed by atoms with Gasteiger partial charge < -0.3 is 14.8 Å². The Hall–Kier alpha value is -1.55. The Morgan fingerprint density at radius 1 is 1.60 bits per heavy atom. The zero-order chi connectivity index (χ0) is 14.5. The quantitative estimate of drug-likeness (QED) is 0.753. The fourth-order valence-corrected chi connectivity index (χ4v) is 2.16. The fourth-order valence-electron chi connectivity index (χ4n) is 2.16. The van der Waals surface area contributed by atoms with Crippen LogP contribution in [0.2, 0.25) is 0 Å². The maximum atomic E-state index is 11.6. The van der Waals surface area contributed by atoms with E-state index >= 15 is 0 Å². The number of rotatable bonds is 7. The third-order valence-electron chi connectivity index (χ3n) is 3.77. The van der Waals surface area contributed by atoms with Crippen LogP contribution in [0, 0.1) is 5.92 Å². The van der Waals surface area contributed by atoms with E-state index in [4.69, 9.17) is 4.42 Å². The molecule has 20 heavy (non-hydrogen) atoms. The van der Waals surface area contributed by atoms with Crippen LogP contribution in [0.15, 0.2) is 22.6 Å². The second kappa shape index (κ2) is 6.75. The van der Waals surface area contributed by atoms with Gasteiger partial charge in [-0.25, -0.2) is 0 Å². The molecular formula is C16H23NO3. The summed E-state index contributed by atoms with van der Waals surface area (Å²) in [7, 11) is 0. The summed E-state index contributed by atoms with van der Waals surface area (Å²) in [5.41, 5.74) is 0. The number of hydrogen-bond donors (Lipinski definition) is 2. The molecule has 3 unspecified atom stereocenters. The molecule has 0 saturated heterocycles. The standard InChI is InChI=1S/C16H23NO3/c1-3-12(18)8-9-17-16(19)7-5-13-4-6-15(20-13)14-10-11(14)2/h4-7,11-12,14,18H,3,8-10H2,1-2H3,(H,17,19)/b7-5+. The number of hydrogen-bond acceptors (Lipinski definition) is 3. The molecule has 1 fully saturated rings. The molecule has 0 spiro atoms. The van der Waals surface area contributed by atoms with Crippen LogP contribution >= 0.6 is 0 Å². The van der Waals surface area contributed by atoms with Crippen molar-refractivity contribution in [3.8, 4) is 0 Å². The average molecular weight is 277 g/mol. The zero-order valence-corrected chi connectivity index (χ0v) is 12.1. The normalized spacial score (nSPS) is 22.9. The Bertz CT molecular complexity index is 478. The summed E-state index contributed by atoms with van der Waals surface area (Å²) >= 11 is 0. The average Bonchev–Trinajstić information content (AvgIpc) is 2.99. The highest BCUT2D eigenvalue weighted by Gasteiger charge is 2.36. The lowest BCUT2D eigenvalue weighted by molar-refractivity contribution is -0.116. The lowest BCUT2D eigenvalue weighted by Gasteiger charge is -2.06. The molecule has 2 N–H and O–H groups in total. The predicted molar refractivity (Wildman–Crippen MR) is 78.2 cm³/mol. The van der Waals surface area contributed by atoms with Gasteiger partial charge in [0.1, 0.15) is 11.5 Å². The van der Waals surface area contributed by atoms with E-state index < -0.39 is 0 Å². The topological polar surface area (TPSA) is 62.5 Å². The highest BCUT2D eigenvalue weighted by atomic mass is 16.3. The van der Waals surface area contributed by atoms with Crippen LogP contribution in [-0.4, -0.2) is 23.7 Å². The molecule has 1 aromatic rings. The van der Waals surface area contributed by atoms with Gasteiger partial charge in [-0.2, -0.15) is 0 Å². The smallest absolute Gasteiger partial charge is 0.244 e. The first-order valence-corrected chi connectivity index (χ1v) is 7.33. The highest BCUT2D eigenvalue weighted by Crippen LogP contribution is 2.47. The zero-order valence-electron chi connectivity index (χ0n) is 12.1. The number of amides is 1. The Kier molecular flexibility index (Phi) is 5.01. The van der Waals surface area contributed by atoms with Crippen LogP contribution in [-0.2, 0) is 4.79 Å². The molecule has 1 aliphatic carbocycles. The van der Waals surface area contributed by atoms with Crippen molar-refractivity contribution in [3.05, 3.63) is 29.7 Å². The summed E-state index contributed by atoms with van der Waals surface area (Å²) in [6, 6.07) is 3.88. The molecule has 4 nitrogen and oxygen atoms in total. The maximum Gasteiger partial charge on any atom is 0.244 e. The van der Waals surface area contributed by atoms with Crippen molar-refractivity contribution in [3.63, 3.8) is 0 Å². The van der Waals surface area contributed by atoms with Crippen LogP contribution in [0.3, 0.4) is 0 Å². The number of nitrogens with one attached hydrogen (secondary N) is 1. The third kappa shape index (κ3) is 4.23. The Morgan fingerprint density at radius 3 is 3.00 bits per heavy atom. The number of carbonyl (C=O) groups excluding carboxylic acids is 1. The van der Waals surface area contributed by atoms with Crippen molar-refractivity contribution in [2.24, 2.45) is 5.92 Å². The first kappa shape index (κ1) is 14.9. The number of carbonyl (C=O) groups is 1. The predicted octanol–water partition coefficient (Wildman–Crippen LogP) is 2.69. The highest BCUT2D eigenvalue weighted by molar-refractivity contribution is 5.91. The molecule has 3 atom stereocenters. The Morgan fingerprint density at radius 2 is 2.35 bits per heavy atom. The molecule has 1 aromatic heterocycles. The summed E-state index contributed by atoms with van der Waals surface area (Å²) in [4.78, 5) is 11.6. The molecule has 1 heterocycles. The minimum atomic E-state index is -0.340. The first-order chi connectivity index (χ1) is 9.60. The van der Waals surface area contributed by atoms with Gasteiger partial charge in [0.15, 0.2) is 0 Å². The molecule has 4 heteroatoms. The first-order valence-electron chi connectivity index (χ1n) is 7.33. The van der Waals surface area contributed by atoms with E-state index in [0.717, 1.165) is 5.76 Å². The van der Waals surface area contributed by atoms with Crippen LogP contribution in [0.4, 0.5) is 0 Å². The van der Waals surface area contributed by atoms with E-state index in [1.807, 2.05) is 19.1 Å². The Labute approximate surface area is 119 Å². The van der Waals surface area contributed by atoms with E-state index in [2.05, 4.69) is 12.2 Å². The summed E-state index contributed by atoms with van der Waals surface area (Å²) < 4.78 is 5.68. The van der Waals surface area contributed by atoms with Crippen molar-refractivity contribution >= 4 is 12.0 Å². The molecule has 0 bridgehead atoms. The van der Waals surface area contributed by atoms with Gasteiger partial charge in [-0.1, -0.05) is 13.8 Å². The van der Waals surface area contributed by atoms with E-state index in [0.29, 0.717) is 37.0 Å². The molecule has 1 amide bonds. The molecule has 110 valence electrons. The summed E-state index contributed by atoms with van der Waals surface area (Å²) in [5, 5.41) is 12.1. The molecule has 2 rings (SSSR count). The monoisotopic (exact) mass is 277 g/mol. The molecule has 0 aromatic carbocycles. The molecule has 0 radical (unpaired) electrons. The second-order valence-electron chi connectivity index (χ2n) is 5.53. The van der Waals surface area contributed by atoms with Crippen LogP contribution < -0.4 is 5.32 Å². The maximum absolute atomic E-state index is 11.6. The van der Waals surface area contributed by atoms with Crippen LogP contribution in [0.25, 0.3) is 6.08 Å². The second-order valence-corrected chi connectivity index (χ2v) is 5.53. The van der Waals surface area contributed by atoms with Gasteiger partial charge in [0.05, 0.1) is 6.10 Å². The van der Waals surface area contributed by atoms with E-state index in [-0.39, 0.29) is 12.0 Å². The molecular weight excluding hydrogens is 254 g/mol. The van der Waals surface area contributed by atoms with E-state index in [1.165, 1.54) is 12.5 Å². The van der Waals surface area contributed by atoms with Crippen molar-refractivity contribution in [1.29, 1.82) is 0 Å². The lowest BCUT2D eigenvalue weighted by atomic mass is 10.2. The van der Waals surface area contributed by atoms with Crippen molar-refractivity contribution in [2.75, 3.05) is 6.54 Å². The third-order valence-corrected chi connectivity index (χ3v) is 3.77. The van der Waals surface area contributed by atoms with Gasteiger partial charge in [-0.15, -0.1) is 0 Å². The van der Waals surface area contributed by atoms with Crippen molar-refractivity contribution in [2.45, 2.75) is 45.1 Å². The molecule has 1 saturated carbocycles. The van der Waals surface area contributed by atoms with Gasteiger partial charge in [0.2, 0.25) is 5.91 Å². The van der Waals surface area contributed by atoms with Gasteiger partial charge in [0.25, 0.3) is 0 Å². The van der Waals surface area contributed by atoms with Crippen LogP contribution in [0.5, 0.6) is 0 Å². The summed E-state index contributed by atoms with van der Waals surface area (Å²) in [5.74, 6) is 2.84. The van der Waals surface area contributed by atoms with Crippen molar-refractivity contribution in [1.82, 2.24) is 5.32 Å². The number of aliphatic hydroxyl groups excluding tert-OH is 1.